The summed E-state index contributed by atoms with van der Waals surface area (Å²) in [6, 6.07) is 7.34. The van der Waals surface area contributed by atoms with E-state index in [9.17, 15) is 4.79 Å². The van der Waals surface area contributed by atoms with Gasteiger partial charge in [-0.05, 0) is 19.2 Å². The fourth-order valence-corrected chi connectivity index (χ4v) is 1.73. The van der Waals surface area contributed by atoms with Gasteiger partial charge in [0, 0.05) is 24.7 Å². The Morgan fingerprint density at radius 1 is 1.43 bits per heavy atom. The van der Waals surface area contributed by atoms with Crippen molar-refractivity contribution in [2.24, 2.45) is 0 Å². The Balaban J connectivity index is 1.81. The molecule has 0 saturated heterocycles. The van der Waals surface area contributed by atoms with Gasteiger partial charge >= 0.3 is 0 Å². The van der Waals surface area contributed by atoms with Crippen molar-refractivity contribution in [1.82, 2.24) is 20.1 Å². The van der Waals surface area contributed by atoms with E-state index in [1.165, 1.54) is 6.33 Å². The Morgan fingerprint density at radius 3 is 3.10 bits per heavy atom. The lowest BCUT2D eigenvalue weighted by Gasteiger charge is -2.09. The number of nitrogens with zero attached hydrogens (tertiary/aromatic N) is 3. The number of ether oxygens (including phenoxy) is 1. The van der Waals surface area contributed by atoms with E-state index in [0.29, 0.717) is 31.9 Å². The van der Waals surface area contributed by atoms with E-state index >= 15 is 0 Å². The van der Waals surface area contributed by atoms with Crippen LogP contribution in [0.5, 0.6) is 5.75 Å². The molecule has 0 atom stereocenters. The Hall–Kier alpha value is -2.41. The van der Waals surface area contributed by atoms with Crippen molar-refractivity contribution in [2.75, 3.05) is 25.5 Å². The summed E-state index contributed by atoms with van der Waals surface area (Å²) in [5, 5.41) is 9.77. The maximum atomic E-state index is 11.6. The minimum Gasteiger partial charge on any atom is -0.492 e. The molecule has 0 bridgehead atoms. The minimum atomic E-state index is -0.0240. The summed E-state index contributed by atoms with van der Waals surface area (Å²) in [5.74, 6) is 0.686. The molecular weight excluding hydrogens is 270 g/mol. The summed E-state index contributed by atoms with van der Waals surface area (Å²) in [6.45, 7) is 1.76. The molecule has 0 unspecified atom stereocenters. The summed E-state index contributed by atoms with van der Waals surface area (Å²) in [7, 11) is 1.82. The molecule has 1 aromatic heterocycles. The van der Waals surface area contributed by atoms with Crippen LogP contribution in [0.1, 0.15) is 6.42 Å². The molecule has 0 saturated carbocycles. The number of benzene rings is 1. The van der Waals surface area contributed by atoms with Gasteiger partial charge in [-0.1, -0.05) is 6.07 Å². The second-order valence-corrected chi connectivity index (χ2v) is 4.44. The third-order valence-electron chi connectivity index (χ3n) is 2.78. The third-order valence-corrected chi connectivity index (χ3v) is 2.78. The average molecular weight is 289 g/mol. The van der Waals surface area contributed by atoms with Crippen LogP contribution in [0.3, 0.4) is 0 Å². The molecule has 21 heavy (non-hydrogen) atoms. The van der Waals surface area contributed by atoms with Crippen LogP contribution >= 0.6 is 0 Å². The number of carbonyl (C=O) groups excluding carboxylic acids is 1. The van der Waals surface area contributed by atoms with Crippen molar-refractivity contribution in [3.05, 3.63) is 36.9 Å². The van der Waals surface area contributed by atoms with Crippen LogP contribution in [-0.2, 0) is 11.3 Å². The molecule has 0 aliphatic rings. The number of amides is 1. The molecule has 1 heterocycles. The standard InChI is InChI=1S/C14H19N5O2/c1-15-6-5-14(20)18-12-3-2-4-13(9-12)21-8-7-19-11-16-10-17-19/h2-4,9-11,15H,5-8H2,1H3,(H,18,20). The van der Waals surface area contributed by atoms with E-state index in [2.05, 4.69) is 20.7 Å². The highest BCUT2D eigenvalue weighted by atomic mass is 16.5. The van der Waals surface area contributed by atoms with Gasteiger partial charge in [0.05, 0.1) is 6.54 Å². The van der Waals surface area contributed by atoms with Gasteiger partial charge in [0.15, 0.2) is 0 Å². The Labute approximate surface area is 123 Å². The van der Waals surface area contributed by atoms with Gasteiger partial charge in [-0.15, -0.1) is 0 Å². The summed E-state index contributed by atoms with van der Waals surface area (Å²) in [4.78, 5) is 15.5. The van der Waals surface area contributed by atoms with Crippen LogP contribution in [-0.4, -0.2) is 40.9 Å². The van der Waals surface area contributed by atoms with E-state index in [0.717, 1.165) is 5.69 Å². The number of carbonyl (C=O) groups is 1. The quantitative estimate of drug-likeness (QED) is 0.755. The van der Waals surface area contributed by atoms with Crippen LogP contribution in [0.2, 0.25) is 0 Å². The maximum absolute atomic E-state index is 11.6. The smallest absolute Gasteiger partial charge is 0.225 e. The van der Waals surface area contributed by atoms with Gasteiger partial charge < -0.3 is 15.4 Å². The number of nitrogens with one attached hydrogen (secondary N) is 2. The molecule has 0 aliphatic heterocycles. The second kappa shape index (κ2) is 8.01. The van der Waals surface area contributed by atoms with Crippen LogP contribution in [0, 0.1) is 0 Å². The molecule has 7 heteroatoms. The molecule has 2 N–H and O–H groups in total. The topological polar surface area (TPSA) is 81.1 Å². The van der Waals surface area contributed by atoms with E-state index < -0.39 is 0 Å². The lowest BCUT2D eigenvalue weighted by Crippen LogP contribution is -2.18. The van der Waals surface area contributed by atoms with Crippen molar-refractivity contribution in [3.63, 3.8) is 0 Å². The number of hydrogen-bond acceptors (Lipinski definition) is 5. The predicted octanol–water partition coefficient (Wildman–Crippen LogP) is 0.905. The highest BCUT2D eigenvalue weighted by Gasteiger charge is 2.03. The van der Waals surface area contributed by atoms with Crippen LogP contribution in [0.15, 0.2) is 36.9 Å². The van der Waals surface area contributed by atoms with Crippen LogP contribution in [0.25, 0.3) is 0 Å². The van der Waals surface area contributed by atoms with Crippen LogP contribution in [0.4, 0.5) is 5.69 Å². The monoisotopic (exact) mass is 289 g/mol. The highest BCUT2D eigenvalue weighted by Crippen LogP contribution is 2.17. The molecule has 0 radical (unpaired) electrons. The van der Waals surface area contributed by atoms with Gasteiger partial charge in [-0.25, -0.2) is 9.67 Å². The lowest BCUT2D eigenvalue weighted by molar-refractivity contribution is -0.116. The zero-order valence-corrected chi connectivity index (χ0v) is 12.0. The predicted molar refractivity (Wildman–Crippen MR) is 79.1 cm³/mol. The molecule has 0 fully saturated rings. The van der Waals surface area contributed by atoms with Crippen molar-refractivity contribution >= 4 is 11.6 Å². The number of aromatic nitrogens is 3. The first-order valence-corrected chi connectivity index (χ1v) is 6.77. The second-order valence-electron chi connectivity index (χ2n) is 4.44. The Kier molecular flexibility index (Phi) is 5.71. The van der Waals surface area contributed by atoms with Gasteiger partial charge in [-0.3, -0.25) is 4.79 Å². The molecule has 1 amide bonds. The average Bonchev–Trinajstić information content (AvgIpc) is 2.99. The van der Waals surface area contributed by atoms with E-state index in [1.54, 1.807) is 17.1 Å². The lowest BCUT2D eigenvalue weighted by atomic mass is 10.3. The zero-order chi connectivity index (χ0) is 14.9. The first kappa shape index (κ1) is 15.0. The minimum absolute atomic E-state index is 0.0240. The first-order chi connectivity index (χ1) is 10.3. The normalized spacial score (nSPS) is 10.3. The highest BCUT2D eigenvalue weighted by molar-refractivity contribution is 5.90. The molecule has 0 spiro atoms. The van der Waals surface area contributed by atoms with Crippen molar-refractivity contribution in [3.8, 4) is 5.75 Å². The molecule has 0 aliphatic carbocycles. The van der Waals surface area contributed by atoms with E-state index in [-0.39, 0.29) is 5.91 Å². The Morgan fingerprint density at radius 2 is 2.33 bits per heavy atom. The van der Waals surface area contributed by atoms with Crippen molar-refractivity contribution in [1.29, 1.82) is 0 Å². The summed E-state index contributed by atoms with van der Waals surface area (Å²) in [6.07, 6.45) is 3.57. The first-order valence-electron chi connectivity index (χ1n) is 6.77. The SMILES string of the molecule is CNCCC(=O)Nc1cccc(OCCn2cncn2)c1. The number of rotatable bonds is 8. The molecule has 2 rings (SSSR count). The summed E-state index contributed by atoms with van der Waals surface area (Å²) >= 11 is 0. The van der Waals surface area contributed by atoms with Gasteiger partial charge in [0.25, 0.3) is 0 Å². The van der Waals surface area contributed by atoms with Gasteiger partial charge in [-0.2, -0.15) is 5.10 Å². The number of anilines is 1. The van der Waals surface area contributed by atoms with Gasteiger partial charge in [0.1, 0.15) is 25.0 Å². The molecule has 7 nitrogen and oxygen atoms in total. The molecule has 112 valence electrons. The molecule has 2 aromatic rings. The fraction of sp³-hybridized carbons (Fsp3) is 0.357. The summed E-state index contributed by atoms with van der Waals surface area (Å²) < 4.78 is 7.33. The molecule has 1 aromatic carbocycles. The van der Waals surface area contributed by atoms with E-state index in [1.807, 2.05) is 25.2 Å². The maximum Gasteiger partial charge on any atom is 0.225 e. The summed E-state index contributed by atoms with van der Waals surface area (Å²) in [5.41, 5.74) is 0.731. The zero-order valence-electron chi connectivity index (χ0n) is 12.0. The van der Waals surface area contributed by atoms with Crippen molar-refractivity contribution < 1.29 is 9.53 Å². The molecular formula is C14H19N5O2. The van der Waals surface area contributed by atoms with Crippen molar-refractivity contribution in [2.45, 2.75) is 13.0 Å². The third kappa shape index (κ3) is 5.23. The van der Waals surface area contributed by atoms with Crippen LogP contribution < -0.4 is 15.4 Å². The Bertz CT molecular complexity index is 556. The fourth-order valence-electron chi connectivity index (χ4n) is 1.73. The van der Waals surface area contributed by atoms with Gasteiger partial charge in [0.2, 0.25) is 5.91 Å². The van der Waals surface area contributed by atoms with E-state index in [4.69, 9.17) is 4.74 Å². The number of hydrogen-bond donors (Lipinski definition) is 2. The largest absolute Gasteiger partial charge is 0.492 e.